The molecule has 250 valence electrons. The van der Waals surface area contributed by atoms with E-state index in [0.717, 1.165) is 22.3 Å². The van der Waals surface area contributed by atoms with Crippen molar-refractivity contribution in [3.63, 3.8) is 0 Å². The number of carbonyl (C=O) groups is 1. The van der Waals surface area contributed by atoms with Gasteiger partial charge < -0.3 is 14.2 Å². The summed E-state index contributed by atoms with van der Waals surface area (Å²) in [4.78, 5) is 33.5. The quantitative estimate of drug-likeness (QED) is 0.138. The first kappa shape index (κ1) is 34.1. The average Bonchev–Trinajstić information content (AvgIpc) is 3.41. The van der Waals surface area contributed by atoms with Gasteiger partial charge in [0.1, 0.15) is 12.4 Å². The maximum Gasteiger partial charge on any atom is 0.338 e. The highest BCUT2D eigenvalue weighted by Gasteiger charge is 2.35. The molecule has 1 atom stereocenters. The van der Waals surface area contributed by atoms with Crippen molar-refractivity contribution in [1.82, 2.24) is 4.57 Å². The maximum atomic E-state index is 14.3. The summed E-state index contributed by atoms with van der Waals surface area (Å²) in [5, 5.41) is 0. The van der Waals surface area contributed by atoms with Gasteiger partial charge in [0.25, 0.3) is 5.56 Å². The summed E-state index contributed by atoms with van der Waals surface area (Å²) in [5.41, 5.74) is 4.63. The number of thiazole rings is 1. The molecule has 1 aliphatic rings. The number of methoxy groups -OCH3 is 1. The third-order valence-corrected chi connectivity index (χ3v) is 9.71. The van der Waals surface area contributed by atoms with Gasteiger partial charge in [-0.05, 0) is 81.4 Å². The summed E-state index contributed by atoms with van der Waals surface area (Å²) < 4.78 is 33.3. The van der Waals surface area contributed by atoms with Crippen LogP contribution in [0.4, 0.5) is 4.39 Å². The molecule has 6 rings (SSSR count). The fourth-order valence-corrected chi connectivity index (χ4v) is 7.24. The smallest absolute Gasteiger partial charge is 0.338 e. The SMILES string of the molecule is CCOC(=O)C1=C(c2ccccc2)N=c2s/c(=C\c3cc(Br)c(OCc4ccc(F)cc4)c(OC)c3)c(=O)n2[C@H]1c1ccc(C(C)C)cc1. The van der Waals surface area contributed by atoms with Crippen LogP contribution in [-0.2, 0) is 16.1 Å². The maximum absolute atomic E-state index is 14.3. The van der Waals surface area contributed by atoms with Crippen LogP contribution in [0, 0.1) is 5.82 Å². The molecule has 0 spiro atoms. The molecule has 5 aromatic rings. The number of rotatable bonds is 10. The Balaban J connectivity index is 1.49. The lowest BCUT2D eigenvalue weighted by Crippen LogP contribution is -2.40. The highest BCUT2D eigenvalue weighted by Crippen LogP contribution is 2.38. The number of hydrogen-bond donors (Lipinski definition) is 0. The fraction of sp³-hybridized carbons (Fsp3) is 0.205. The van der Waals surface area contributed by atoms with Crippen molar-refractivity contribution >= 4 is 45.0 Å². The molecule has 0 saturated heterocycles. The number of esters is 1. The number of ether oxygens (including phenoxy) is 3. The first-order chi connectivity index (χ1) is 23.7. The van der Waals surface area contributed by atoms with E-state index in [2.05, 4.69) is 29.8 Å². The third-order valence-electron chi connectivity index (χ3n) is 8.14. The number of benzene rings is 4. The Morgan fingerprint density at radius 1 is 1.04 bits per heavy atom. The van der Waals surface area contributed by atoms with Crippen molar-refractivity contribution in [1.29, 1.82) is 0 Å². The summed E-state index contributed by atoms with van der Waals surface area (Å²) in [6, 6.07) is 26.4. The molecule has 49 heavy (non-hydrogen) atoms. The normalized spacial score (nSPS) is 14.4. The van der Waals surface area contributed by atoms with E-state index in [0.29, 0.717) is 48.1 Å². The molecule has 0 amide bonds. The largest absolute Gasteiger partial charge is 0.493 e. The van der Waals surface area contributed by atoms with Gasteiger partial charge >= 0.3 is 5.97 Å². The van der Waals surface area contributed by atoms with Gasteiger partial charge in [-0.1, -0.05) is 91.9 Å². The zero-order chi connectivity index (χ0) is 34.7. The van der Waals surface area contributed by atoms with Crippen LogP contribution in [0.1, 0.15) is 60.5 Å². The highest BCUT2D eigenvalue weighted by molar-refractivity contribution is 9.10. The zero-order valence-electron chi connectivity index (χ0n) is 27.4. The number of nitrogens with zero attached hydrogens (tertiary/aromatic N) is 2. The van der Waals surface area contributed by atoms with Crippen LogP contribution in [0.2, 0.25) is 0 Å². The van der Waals surface area contributed by atoms with Gasteiger partial charge in [0.15, 0.2) is 16.3 Å². The zero-order valence-corrected chi connectivity index (χ0v) is 29.8. The van der Waals surface area contributed by atoms with Gasteiger partial charge in [-0.25, -0.2) is 14.2 Å². The monoisotopic (exact) mass is 740 g/mol. The molecule has 4 aromatic carbocycles. The van der Waals surface area contributed by atoms with Crippen molar-refractivity contribution in [2.75, 3.05) is 13.7 Å². The molecule has 0 bridgehead atoms. The highest BCUT2D eigenvalue weighted by atomic mass is 79.9. The van der Waals surface area contributed by atoms with Gasteiger partial charge in [-0.2, -0.15) is 0 Å². The van der Waals surface area contributed by atoms with Crippen LogP contribution in [0.15, 0.2) is 111 Å². The van der Waals surface area contributed by atoms with Gasteiger partial charge in [-0.3, -0.25) is 9.36 Å². The number of fused-ring (bicyclic) bond motifs is 1. The second-order valence-electron chi connectivity index (χ2n) is 11.7. The van der Waals surface area contributed by atoms with E-state index in [1.54, 1.807) is 35.8 Å². The van der Waals surface area contributed by atoms with Gasteiger partial charge in [0.05, 0.1) is 40.0 Å². The molecular formula is C39H34BrFN2O5S. The van der Waals surface area contributed by atoms with Crippen LogP contribution in [0.3, 0.4) is 0 Å². The minimum Gasteiger partial charge on any atom is -0.493 e. The van der Waals surface area contributed by atoms with Gasteiger partial charge in [-0.15, -0.1) is 0 Å². The van der Waals surface area contributed by atoms with Crippen LogP contribution >= 0.6 is 27.3 Å². The molecule has 0 radical (unpaired) electrons. The first-order valence-electron chi connectivity index (χ1n) is 15.8. The molecule has 1 aliphatic heterocycles. The summed E-state index contributed by atoms with van der Waals surface area (Å²) in [6.45, 7) is 6.38. The third kappa shape index (κ3) is 7.16. The second kappa shape index (κ2) is 14.8. The minimum absolute atomic E-state index is 0.175. The average molecular weight is 742 g/mol. The lowest BCUT2D eigenvalue weighted by molar-refractivity contribution is -0.138. The van der Waals surface area contributed by atoms with E-state index < -0.39 is 12.0 Å². The van der Waals surface area contributed by atoms with E-state index in [1.165, 1.54) is 30.6 Å². The molecule has 10 heteroatoms. The van der Waals surface area contributed by atoms with Crippen LogP contribution in [-0.4, -0.2) is 24.3 Å². The molecular weight excluding hydrogens is 707 g/mol. The van der Waals surface area contributed by atoms with E-state index in [4.69, 9.17) is 19.2 Å². The Bertz CT molecular complexity index is 2210. The first-order valence-corrected chi connectivity index (χ1v) is 17.4. The predicted octanol–water partition coefficient (Wildman–Crippen LogP) is 7.55. The Labute approximate surface area is 295 Å². The molecule has 0 fully saturated rings. The summed E-state index contributed by atoms with van der Waals surface area (Å²) in [7, 11) is 1.54. The predicted molar refractivity (Wildman–Crippen MR) is 193 cm³/mol. The molecule has 0 aliphatic carbocycles. The fourth-order valence-electron chi connectivity index (χ4n) is 5.67. The number of hydrogen-bond acceptors (Lipinski definition) is 7. The van der Waals surface area contributed by atoms with E-state index in [1.807, 2.05) is 60.7 Å². The summed E-state index contributed by atoms with van der Waals surface area (Å²) in [6.07, 6.45) is 1.77. The number of halogens is 2. The Hall–Kier alpha value is -4.80. The minimum atomic E-state index is -0.766. The van der Waals surface area contributed by atoms with Gasteiger partial charge in [0, 0.05) is 5.56 Å². The van der Waals surface area contributed by atoms with E-state index >= 15 is 0 Å². The van der Waals surface area contributed by atoms with Crippen LogP contribution < -0.4 is 24.4 Å². The molecule has 1 aromatic heterocycles. The molecule has 0 N–H and O–H groups in total. The van der Waals surface area contributed by atoms with Crippen molar-refractivity contribution < 1.29 is 23.4 Å². The van der Waals surface area contributed by atoms with Crippen molar-refractivity contribution in [3.05, 3.63) is 154 Å². The topological polar surface area (TPSA) is 79.1 Å². The second-order valence-corrected chi connectivity index (χ2v) is 13.6. The number of aromatic nitrogens is 1. The van der Waals surface area contributed by atoms with Crippen molar-refractivity contribution in [3.8, 4) is 11.5 Å². The Morgan fingerprint density at radius 2 is 1.76 bits per heavy atom. The summed E-state index contributed by atoms with van der Waals surface area (Å²) in [5.74, 6) is 0.395. The molecule has 7 nitrogen and oxygen atoms in total. The Morgan fingerprint density at radius 3 is 2.41 bits per heavy atom. The number of carbonyl (C=O) groups excluding carboxylic acids is 1. The van der Waals surface area contributed by atoms with Crippen LogP contribution in [0.5, 0.6) is 11.5 Å². The molecule has 0 unspecified atom stereocenters. The van der Waals surface area contributed by atoms with Crippen molar-refractivity contribution in [2.24, 2.45) is 4.99 Å². The summed E-state index contributed by atoms with van der Waals surface area (Å²) >= 11 is 4.84. The van der Waals surface area contributed by atoms with Crippen LogP contribution in [0.25, 0.3) is 11.8 Å². The lowest BCUT2D eigenvalue weighted by atomic mass is 9.91. The Kier molecular flexibility index (Phi) is 10.3. The van der Waals surface area contributed by atoms with E-state index in [9.17, 15) is 14.0 Å². The van der Waals surface area contributed by atoms with Crippen molar-refractivity contribution in [2.45, 2.75) is 39.3 Å². The van der Waals surface area contributed by atoms with Gasteiger partial charge in [0.2, 0.25) is 0 Å². The molecule has 0 saturated carbocycles. The lowest BCUT2D eigenvalue weighted by Gasteiger charge is -2.26. The standard InChI is InChI=1S/C39H34BrFN2O5S/c1-5-47-38(45)33-34(27-9-7-6-8-10-27)42-39-43(35(33)28-15-13-26(14-16-28)23(2)3)37(44)32(49-39)21-25-19-30(40)36(31(20-25)46-4)48-22-24-11-17-29(41)18-12-24/h6-21,23,35H,5,22H2,1-4H3/b32-21-/t35-/m0/s1. The molecule has 2 heterocycles. The van der Waals surface area contributed by atoms with E-state index in [-0.39, 0.29) is 24.6 Å².